The smallest absolute Gasteiger partial charge is 0.0431 e. The van der Waals surface area contributed by atoms with E-state index < -0.39 is 0 Å². The molecule has 0 radical (unpaired) electrons. The maximum Gasteiger partial charge on any atom is 0.0431 e. The third kappa shape index (κ3) is 41.9. The van der Waals surface area contributed by atoms with Gasteiger partial charge in [0.05, 0.1) is 0 Å². The van der Waals surface area contributed by atoms with E-state index in [0.717, 1.165) is 12.8 Å². The average Bonchev–Trinajstić information content (AvgIpc) is 3.02. The van der Waals surface area contributed by atoms with Gasteiger partial charge in [0.15, 0.2) is 0 Å². The zero-order valence-electron chi connectivity index (χ0n) is 29.7. The topological polar surface area (TPSA) is 52.5 Å². The van der Waals surface area contributed by atoms with Gasteiger partial charge < -0.3 is 15.5 Å². The van der Waals surface area contributed by atoms with Gasteiger partial charge >= 0.3 is 0 Å². The maximum atomic E-state index is 8.79. The largest absolute Gasteiger partial charge is 0.396 e. The Morgan fingerprint density at radius 3 is 0.488 bits per heavy atom. The predicted octanol–water partition coefficient (Wildman–Crippen LogP) is 12.6. The van der Waals surface area contributed by atoms with Crippen molar-refractivity contribution in [3.05, 3.63) is 0 Å². The summed E-state index contributed by atoms with van der Waals surface area (Å²) in [4.78, 5) is 0. The van der Waals surface area contributed by atoms with Gasteiger partial charge in [-0.05, 0) is 38.8 Å². The fourth-order valence-corrected chi connectivity index (χ4v) is 6.51. The first-order valence-electron chi connectivity index (χ1n) is 20.3. The molecule has 0 unspecified atom stereocenters. The summed E-state index contributed by atoms with van der Waals surface area (Å²) in [7, 11) is 0. The second kappa shape index (κ2) is 41.9. The van der Waals surface area contributed by atoms with E-state index >= 15 is 0 Å². The number of aliphatic hydroxyl groups excluding tert-OH is 2. The third-order valence-corrected chi connectivity index (χ3v) is 9.52. The summed E-state index contributed by atoms with van der Waals surface area (Å²) in [5.41, 5.74) is 0. The molecule has 0 heterocycles. The highest BCUT2D eigenvalue weighted by Crippen LogP contribution is 2.16. The molecule has 0 saturated heterocycles. The van der Waals surface area contributed by atoms with Crippen LogP contribution < -0.4 is 5.32 Å². The van der Waals surface area contributed by atoms with Crippen molar-refractivity contribution in [1.29, 1.82) is 0 Å². The van der Waals surface area contributed by atoms with Crippen molar-refractivity contribution in [2.45, 2.75) is 231 Å². The Hall–Kier alpha value is -0.120. The summed E-state index contributed by atoms with van der Waals surface area (Å²) in [6.07, 6.45) is 50.0. The van der Waals surface area contributed by atoms with Crippen LogP contribution in [0.2, 0.25) is 0 Å². The Morgan fingerprint density at radius 1 is 0.186 bits per heavy atom. The van der Waals surface area contributed by atoms with Crippen molar-refractivity contribution in [3.63, 3.8) is 0 Å². The van der Waals surface area contributed by atoms with Gasteiger partial charge in [-0.2, -0.15) is 0 Å². The molecule has 0 rings (SSSR count). The van der Waals surface area contributed by atoms with Crippen molar-refractivity contribution in [2.24, 2.45) is 0 Å². The Morgan fingerprint density at radius 2 is 0.326 bits per heavy atom. The minimum Gasteiger partial charge on any atom is -0.396 e. The SMILES string of the molecule is OCCCCCCCCCCCCCCCCCCCCNCCCCCCCCCCCCCCCCCCCCO. The van der Waals surface area contributed by atoms with E-state index in [0.29, 0.717) is 13.2 Å². The Kier molecular flexibility index (Phi) is 41.8. The lowest BCUT2D eigenvalue weighted by Gasteiger charge is -2.06. The molecule has 0 fully saturated rings. The molecule has 0 spiro atoms. The van der Waals surface area contributed by atoms with Crippen LogP contribution in [0.4, 0.5) is 0 Å². The van der Waals surface area contributed by atoms with Crippen LogP contribution in [0.25, 0.3) is 0 Å². The van der Waals surface area contributed by atoms with Crippen molar-refractivity contribution >= 4 is 0 Å². The van der Waals surface area contributed by atoms with E-state index in [1.165, 1.54) is 231 Å². The van der Waals surface area contributed by atoms with Gasteiger partial charge in [-0.15, -0.1) is 0 Å². The van der Waals surface area contributed by atoms with Crippen LogP contribution in [-0.4, -0.2) is 36.5 Å². The van der Waals surface area contributed by atoms with Crippen LogP contribution in [-0.2, 0) is 0 Å². The van der Waals surface area contributed by atoms with Crippen LogP contribution in [0.15, 0.2) is 0 Å². The average molecular weight is 610 g/mol. The van der Waals surface area contributed by atoms with Gasteiger partial charge in [0.1, 0.15) is 0 Å². The zero-order valence-corrected chi connectivity index (χ0v) is 29.7. The third-order valence-electron chi connectivity index (χ3n) is 9.52. The number of nitrogens with one attached hydrogen (secondary N) is 1. The molecule has 0 amide bonds. The maximum absolute atomic E-state index is 8.79. The molecule has 3 heteroatoms. The molecular weight excluding hydrogens is 526 g/mol. The minimum absolute atomic E-state index is 0.370. The summed E-state index contributed by atoms with van der Waals surface area (Å²) >= 11 is 0. The quantitative estimate of drug-likeness (QED) is 0.0606. The first-order chi connectivity index (χ1) is 21.4. The highest BCUT2D eigenvalue weighted by Gasteiger charge is 1.97. The van der Waals surface area contributed by atoms with Crippen LogP contribution in [0.5, 0.6) is 0 Å². The molecule has 0 aromatic rings. The summed E-state index contributed by atoms with van der Waals surface area (Å²) in [6, 6.07) is 0. The number of rotatable bonds is 40. The molecule has 0 aliphatic carbocycles. The van der Waals surface area contributed by atoms with Gasteiger partial charge in [0.25, 0.3) is 0 Å². The van der Waals surface area contributed by atoms with Crippen molar-refractivity contribution in [1.82, 2.24) is 5.32 Å². The number of unbranched alkanes of at least 4 members (excludes halogenated alkanes) is 34. The van der Waals surface area contributed by atoms with Gasteiger partial charge in [0, 0.05) is 13.2 Å². The molecule has 0 aromatic heterocycles. The van der Waals surface area contributed by atoms with E-state index in [1.807, 2.05) is 0 Å². The normalized spacial score (nSPS) is 11.6. The zero-order chi connectivity index (χ0) is 31.0. The fraction of sp³-hybridized carbons (Fsp3) is 1.00. The molecule has 0 aliphatic rings. The summed E-state index contributed by atoms with van der Waals surface area (Å²) in [5.74, 6) is 0. The van der Waals surface area contributed by atoms with Crippen molar-refractivity contribution in [2.75, 3.05) is 26.3 Å². The Labute approximate surface area is 272 Å². The lowest BCUT2D eigenvalue weighted by atomic mass is 10.0. The fourth-order valence-electron chi connectivity index (χ4n) is 6.51. The Balaban J connectivity index is 3.02. The standard InChI is InChI=1S/C40H83NO2/c42-39-35-31-27-23-19-15-11-7-3-1-5-9-13-17-21-25-29-33-37-41-38-34-30-26-22-18-14-10-6-2-4-8-12-16-20-24-28-32-36-40-43/h41-43H,1-40H2. The van der Waals surface area contributed by atoms with Gasteiger partial charge in [-0.25, -0.2) is 0 Å². The van der Waals surface area contributed by atoms with E-state index in [4.69, 9.17) is 10.2 Å². The predicted molar refractivity (Wildman–Crippen MR) is 193 cm³/mol. The number of hydrogen-bond donors (Lipinski definition) is 3. The minimum atomic E-state index is 0.370. The number of aliphatic hydroxyl groups is 2. The Bertz CT molecular complexity index is 418. The first kappa shape index (κ1) is 42.9. The molecule has 0 aromatic carbocycles. The van der Waals surface area contributed by atoms with Gasteiger partial charge in [-0.1, -0.05) is 205 Å². The van der Waals surface area contributed by atoms with Crippen LogP contribution in [0, 0.1) is 0 Å². The molecule has 0 atom stereocenters. The van der Waals surface area contributed by atoms with Gasteiger partial charge in [-0.3, -0.25) is 0 Å². The molecular formula is C40H83NO2. The monoisotopic (exact) mass is 610 g/mol. The van der Waals surface area contributed by atoms with E-state index in [9.17, 15) is 0 Å². The molecule has 3 nitrogen and oxygen atoms in total. The van der Waals surface area contributed by atoms with Crippen LogP contribution in [0.3, 0.4) is 0 Å². The van der Waals surface area contributed by atoms with E-state index in [2.05, 4.69) is 5.32 Å². The van der Waals surface area contributed by atoms with Crippen LogP contribution in [0.1, 0.15) is 231 Å². The molecule has 0 saturated carbocycles. The summed E-state index contributed by atoms with van der Waals surface area (Å²) in [5, 5.41) is 21.3. The van der Waals surface area contributed by atoms with Crippen LogP contribution >= 0.6 is 0 Å². The van der Waals surface area contributed by atoms with E-state index in [-0.39, 0.29) is 0 Å². The van der Waals surface area contributed by atoms with Crippen molar-refractivity contribution in [3.8, 4) is 0 Å². The van der Waals surface area contributed by atoms with Gasteiger partial charge in [0.2, 0.25) is 0 Å². The second-order valence-corrected chi connectivity index (χ2v) is 13.9. The number of hydrogen-bond acceptors (Lipinski definition) is 3. The second-order valence-electron chi connectivity index (χ2n) is 13.9. The first-order valence-corrected chi connectivity index (χ1v) is 20.3. The summed E-state index contributed by atoms with van der Waals surface area (Å²) < 4.78 is 0. The van der Waals surface area contributed by atoms with Crippen molar-refractivity contribution < 1.29 is 10.2 Å². The molecule has 0 bridgehead atoms. The van der Waals surface area contributed by atoms with E-state index in [1.54, 1.807) is 0 Å². The lowest BCUT2D eigenvalue weighted by Crippen LogP contribution is -2.16. The summed E-state index contributed by atoms with van der Waals surface area (Å²) in [6.45, 7) is 3.20. The highest BCUT2D eigenvalue weighted by atomic mass is 16.3. The lowest BCUT2D eigenvalue weighted by molar-refractivity contribution is 0.282. The molecule has 3 N–H and O–H groups in total. The highest BCUT2D eigenvalue weighted by molar-refractivity contribution is 4.54. The molecule has 260 valence electrons. The molecule has 0 aliphatic heterocycles. The molecule has 43 heavy (non-hydrogen) atoms.